The summed E-state index contributed by atoms with van der Waals surface area (Å²) in [6.07, 6.45) is 7.64. The molecule has 0 amide bonds. The van der Waals surface area contributed by atoms with Crippen LogP contribution in [-0.2, 0) is 22.0 Å². The SMILES string of the molecule is Cc1ccc(F)c(-c2cnc(-n3cc(S(C)=O)c4ccc(CC=O)cc43)nc2)c1. The highest BCUT2D eigenvalue weighted by molar-refractivity contribution is 7.84. The third kappa shape index (κ3) is 3.61. The lowest BCUT2D eigenvalue weighted by atomic mass is 10.1. The Balaban J connectivity index is 1.83. The van der Waals surface area contributed by atoms with Gasteiger partial charge in [0.05, 0.1) is 21.2 Å². The van der Waals surface area contributed by atoms with Gasteiger partial charge in [-0.2, -0.15) is 0 Å². The van der Waals surface area contributed by atoms with E-state index in [1.807, 2.05) is 25.1 Å². The highest BCUT2D eigenvalue weighted by Crippen LogP contribution is 2.28. The Morgan fingerprint density at radius 2 is 1.90 bits per heavy atom. The normalized spacial score (nSPS) is 12.2. The molecule has 2 aromatic carbocycles. The number of hydrogen-bond donors (Lipinski definition) is 0. The number of halogens is 1. The smallest absolute Gasteiger partial charge is 0.234 e. The zero-order valence-corrected chi connectivity index (χ0v) is 16.7. The van der Waals surface area contributed by atoms with Crippen molar-refractivity contribution in [2.75, 3.05) is 6.26 Å². The first-order valence-corrected chi connectivity index (χ1v) is 10.5. The second-order valence-corrected chi connectivity index (χ2v) is 8.14. The first-order chi connectivity index (χ1) is 14.0. The van der Waals surface area contributed by atoms with E-state index in [0.717, 1.165) is 28.3 Å². The maximum atomic E-state index is 14.2. The molecule has 2 heterocycles. The fourth-order valence-electron chi connectivity index (χ4n) is 3.30. The van der Waals surface area contributed by atoms with Crippen molar-refractivity contribution in [2.45, 2.75) is 18.2 Å². The minimum absolute atomic E-state index is 0.290. The number of nitrogens with zero attached hydrogens (tertiary/aromatic N) is 3. The van der Waals surface area contributed by atoms with Gasteiger partial charge in [-0.15, -0.1) is 0 Å². The molecule has 0 bridgehead atoms. The summed E-state index contributed by atoms with van der Waals surface area (Å²) < 4.78 is 28.1. The van der Waals surface area contributed by atoms with E-state index in [1.54, 1.807) is 41.5 Å². The van der Waals surface area contributed by atoms with Gasteiger partial charge in [0, 0.05) is 47.8 Å². The van der Waals surface area contributed by atoms with Gasteiger partial charge in [0.25, 0.3) is 0 Å². The van der Waals surface area contributed by atoms with Crippen LogP contribution in [0.5, 0.6) is 0 Å². The molecule has 146 valence electrons. The Hall–Kier alpha value is -3.19. The number of carbonyl (C=O) groups excluding carboxylic acids is 1. The van der Waals surface area contributed by atoms with Crippen molar-refractivity contribution in [2.24, 2.45) is 0 Å². The Bertz CT molecular complexity index is 1250. The van der Waals surface area contributed by atoms with Crippen LogP contribution in [0.1, 0.15) is 11.1 Å². The average molecular weight is 407 g/mol. The van der Waals surface area contributed by atoms with E-state index >= 15 is 0 Å². The third-order valence-corrected chi connectivity index (χ3v) is 5.69. The second kappa shape index (κ2) is 7.67. The third-order valence-electron chi connectivity index (χ3n) is 4.75. The molecule has 0 fully saturated rings. The van der Waals surface area contributed by atoms with Crippen LogP contribution in [0, 0.1) is 12.7 Å². The minimum Gasteiger partial charge on any atom is -0.303 e. The van der Waals surface area contributed by atoms with Gasteiger partial charge in [0.1, 0.15) is 12.1 Å². The van der Waals surface area contributed by atoms with Crippen molar-refractivity contribution in [3.63, 3.8) is 0 Å². The standard InChI is InChI=1S/C22H18FN3O2S/c1-14-3-6-19(23)18(9-14)16-11-24-22(25-12-16)26-13-21(29(2)28)17-5-4-15(7-8-27)10-20(17)26/h3-6,8-13H,7H2,1-2H3. The topological polar surface area (TPSA) is 64.8 Å². The molecule has 1 unspecified atom stereocenters. The highest BCUT2D eigenvalue weighted by Gasteiger charge is 2.15. The Morgan fingerprint density at radius 1 is 1.14 bits per heavy atom. The fraction of sp³-hybridized carbons (Fsp3) is 0.136. The average Bonchev–Trinajstić information content (AvgIpc) is 3.09. The molecule has 1 atom stereocenters. The van der Waals surface area contributed by atoms with E-state index in [-0.39, 0.29) is 12.2 Å². The number of carbonyl (C=O) groups is 1. The number of fused-ring (bicyclic) bond motifs is 1. The van der Waals surface area contributed by atoms with Crippen LogP contribution < -0.4 is 0 Å². The summed E-state index contributed by atoms with van der Waals surface area (Å²) in [5.41, 5.74) is 3.58. The van der Waals surface area contributed by atoms with Crippen LogP contribution in [-0.4, -0.2) is 31.3 Å². The number of aldehydes is 1. The molecule has 0 aliphatic carbocycles. The van der Waals surface area contributed by atoms with Gasteiger partial charge in [0.15, 0.2) is 0 Å². The molecule has 0 aliphatic heterocycles. The number of rotatable bonds is 5. The van der Waals surface area contributed by atoms with Crippen molar-refractivity contribution in [3.8, 4) is 17.1 Å². The van der Waals surface area contributed by atoms with Crippen molar-refractivity contribution in [1.29, 1.82) is 0 Å². The maximum absolute atomic E-state index is 14.2. The summed E-state index contributed by atoms with van der Waals surface area (Å²) >= 11 is 0. The summed E-state index contributed by atoms with van der Waals surface area (Å²) in [5.74, 6) is 0.0484. The van der Waals surface area contributed by atoms with Gasteiger partial charge in [-0.1, -0.05) is 23.8 Å². The Labute approximate surface area is 169 Å². The van der Waals surface area contributed by atoms with E-state index in [0.29, 0.717) is 22.0 Å². The quantitative estimate of drug-likeness (QED) is 0.469. The monoisotopic (exact) mass is 407 g/mol. The van der Waals surface area contributed by atoms with Crippen molar-refractivity contribution < 1.29 is 13.4 Å². The molecule has 4 rings (SSSR count). The fourth-order valence-corrected chi connectivity index (χ4v) is 4.04. The Morgan fingerprint density at radius 3 is 2.59 bits per heavy atom. The molecular formula is C22H18FN3O2S. The first-order valence-electron chi connectivity index (χ1n) is 8.98. The predicted octanol–water partition coefficient (Wildman–Crippen LogP) is 4.01. The van der Waals surface area contributed by atoms with E-state index in [9.17, 15) is 13.4 Å². The van der Waals surface area contributed by atoms with E-state index in [4.69, 9.17) is 0 Å². The zero-order valence-electron chi connectivity index (χ0n) is 15.9. The van der Waals surface area contributed by atoms with Crippen LogP contribution >= 0.6 is 0 Å². The lowest BCUT2D eigenvalue weighted by molar-refractivity contribution is -0.107. The summed E-state index contributed by atoms with van der Waals surface area (Å²) in [6.45, 7) is 1.90. The van der Waals surface area contributed by atoms with E-state index in [2.05, 4.69) is 9.97 Å². The van der Waals surface area contributed by atoms with Crippen LogP contribution in [0.2, 0.25) is 0 Å². The molecule has 0 N–H and O–H groups in total. The first kappa shape index (κ1) is 19.1. The molecule has 7 heteroatoms. The number of aromatic nitrogens is 3. The summed E-state index contributed by atoms with van der Waals surface area (Å²) in [5, 5.41) is 0.817. The van der Waals surface area contributed by atoms with Crippen molar-refractivity contribution in [1.82, 2.24) is 14.5 Å². The lowest BCUT2D eigenvalue weighted by Gasteiger charge is -2.07. The van der Waals surface area contributed by atoms with E-state index < -0.39 is 10.8 Å². The van der Waals surface area contributed by atoms with Gasteiger partial charge in [0.2, 0.25) is 5.95 Å². The molecule has 0 radical (unpaired) electrons. The van der Waals surface area contributed by atoms with Gasteiger partial charge in [-0.25, -0.2) is 14.4 Å². The number of benzene rings is 2. The predicted molar refractivity (Wildman–Crippen MR) is 111 cm³/mol. The molecule has 0 saturated carbocycles. The minimum atomic E-state index is -1.20. The van der Waals surface area contributed by atoms with Crippen molar-refractivity contribution in [3.05, 3.63) is 71.9 Å². The maximum Gasteiger partial charge on any atom is 0.234 e. The Kier molecular flexibility index (Phi) is 5.07. The molecule has 2 aromatic heterocycles. The summed E-state index contributed by atoms with van der Waals surface area (Å²) in [4.78, 5) is 20.4. The summed E-state index contributed by atoms with van der Waals surface area (Å²) in [7, 11) is -1.20. The highest BCUT2D eigenvalue weighted by atomic mass is 32.2. The van der Waals surface area contributed by atoms with Gasteiger partial charge in [-0.05, 0) is 30.7 Å². The largest absolute Gasteiger partial charge is 0.303 e. The van der Waals surface area contributed by atoms with E-state index in [1.165, 1.54) is 6.07 Å². The second-order valence-electron chi connectivity index (χ2n) is 6.79. The molecular weight excluding hydrogens is 389 g/mol. The van der Waals surface area contributed by atoms with Gasteiger partial charge in [-0.3, -0.25) is 8.78 Å². The lowest BCUT2D eigenvalue weighted by Crippen LogP contribution is -2.00. The van der Waals surface area contributed by atoms with Gasteiger partial charge < -0.3 is 4.79 Å². The van der Waals surface area contributed by atoms with Crippen LogP contribution in [0.15, 0.2) is 59.9 Å². The van der Waals surface area contributed by atoms with Gasteiger partial charge >= 0.3 is 0 Å². The summed E-state index contributed by atoms with van der Waals surface area (Å²) in [6, 6.07) is 10.5. The molecule has 0 saturated heterocycles. The molecule has 5 nitrogen and oxygen atoms in total. The molecule has 29 heavy (non-hydrogen) atoms. The zero-order chi connectivity index (χ0) is 20.5. The molecule has 0 spiro atoms. The van der Waals surface area contributed by atoms with Crippen LogP contribution in [0.4, 0.5) is 4.39 Å². The van der Waals surface area contributed by atoms with Crippen LogP contribution in [0.3, 0.4) is 0 Å². The number of aryl methyl sites for hydroxylation is 1. The molecule has 4 aromatic rings. The van der Waals surface area contributed by atoms with Crippen molar-refractivity contribution >= 4 is 28.0 Å². The van der Waals surface area contributed by atoms with Crippen LogP contribution in [0.25, 0.3) is 28.0 Å². The number of hydrogen-bond acceptors (Lipinski definition) is 4. The molecule has 0 aliphatic rings.